The molecule has 0 aliphatic carbocycles. The second kappa shape index (κ2) is 7.92. The average Bonchev–Trinajstić information content (AvgIpc) is 2.54. The predicted molar refractivity (Wildman–Crippen MR) is 99.1 cm³/mol. The van der Waals surface area contributed by atoms with Gasteiger partial charge < -0.3 is 15.4 Å². The summed E-state index contributed by atoms with van der Waals surface area (Å²) in [5.74, 6) is 0.580. The van der Waals surface area contributed by atoms with E-state index in [1.165, 1.54) is 16.7 Å². The number of nitrogens with zero attached hydrogens (tertiary/aromatic N) is 1. The fourth-order valence-corrected chi connectivity index (χ4v) is 2.78. The van der Waals surface area contributed by atoms with E-state index in [4.69, 9.17) is 17.0 Å². The van der Waals surface area contributed by atoms with Crippen LogP contribution < -0.4 is 15.4 Å². The molecule has 1 aromatic carbocycles. The molecule has 0 spiro atoms. The third kappa shape index (κ3) is 4.66. The van der Waals surface area contributed by atoms with E-state index in [-0.39, 0.29) is 6.04 Å². The molecule has 0 amide bonds. The normalized spacial score (nSPS) is 11.7. The van der Waals surface area contributed by atoms with E-state index >= 15 is 0 Å². The topological polar surface area (TPSA) is 46.2 Å². The van der Waals surface area contributed by atoms with Crippen LogP contribution in [-0.4, -0.2) is 17.2 Å². The highest BCUT2D eigenvalue weighted by molar-refractivity contribution is 7.80. The molecule has 23 heavy (non-hydrogen) atoms. The Balaban J connectivity index is 2.04. The highest BCUT2D eigenvalue weighted by atomic mass is 32.1. The molecule has 0 unspecified atom stereocenters. The van der Waals surface area contributed by atoms with Crippen molar-refractivity contribution >= 4 is 23.0 Å². The molecule has 0 saturated heterocycles. The van der Waals surface area contributed by atoms with Crippen molar-refractivity contribution in [3.63, 3.8) is 0 Å². The number of hydrogen-bond acceptors (Lipinski definition) is 3. The van der Waals surface area contributed by atoms with Gasteiger partial charge in [0.1, 0.15) is 0 Å². The highest BCUT2D eigenvalue weighted by Crippen LogP contribution is 2.22. The number of methoxy groups -OCH3 is 1. The number of thiocarbonyl (C=S) groups is 1. The molecule has 1 heterocycles. The zero-order chi connectivity index (χ0) is 16.8. The smallest absolute Gasteiger partial charge is 0.213 e. The van der Waals surface area contributed by atoms with Crippen molar-refractivity contribution < 1.29 is 4.74 Å². The SMILES string of the molecule is CC[C@H](NC(=S)Nc1ccc(OC)nc1)c1ccc(C)cc1C. The Labute approximate surface area is 143 Å². The van der Waals surface area contributed by atoms with E-state index in [2.05, 4.69) is 54.6 Å². The minimum Gasteiger partial charge on any atom is -0.481 e. The summed E-state index contributed by atoms with van der Waals surface area (Å²) in [7, 11) is 1.59. The van der Waals surface area contributed by atoms with Crippen molar-refractivity contribution in [2.45, 2.75) is 33.2 Å². The Bertz CT molecular complexity index is 670. The second-order valence-electron chi connectivity index (χ2n) is 5.51. The number of hydrogen-bond donors (Lipinski definition) is 2. The molecule has 0 saturated carbocycles. The first-order chi connectivity index (χ1) is 11.0. The minimum atomic E-state index is 0.182. The maximum absolute atomic E-state index is 5.43. The fraction of sp³-hybridized carbons (Fsp3) is 0.333. The largest absolute Gasteiger partial charge is 0.481 e. The average molecular weight is 329 g/mol. The molecule has 2 rings (SSSR count). The number of anilines is 1. The molecule has 0 aliphatic heterocycles. The summed E-state index contributed by atoms with van der Waals surface area (Å²) in [6, 6.07) is 10.4. The van der Waals surface area contributed by atoms with E-state index in [1.54, 1.807) is 19.4 Å². The molecule has 0 fully saturated rings. The summed E-state index contributed by atoms with van der Waals surface area (Å²) in [6.45, 7) is 6.39. The molecule has 1 aromatic heterocycles. The van der Waals surface area contributed by atoms with E-state index < -0.39 is 0 Å². The molecule has 122 valence electrons. The van der Waals surface area contributed by atoms with Gasteiger partial charge in [-0.15, -0.1) is 0 Å². The van der Waals surface area contributed by atoms with Crippen LogP contribution in [0, 0.1) is 13.8 Å². The lowest BCUT2D eigenvalue weighted by Crippen LogP contribution is -2.32. The van der Waals surface area contributed by atoms with Crippen molar-refractivity contribution in [1.29, 1.82) is 0 Å². The number of nitrogens with one attached hydrogen (secondary N) is 2. The number of ether oxygens (including phenoxy) is 1. The Kier molecular flexibility index (Phi) is 5.93. The van der Waals surface area contributed by atoms with Gasteiger partial charge in [0.05, 0.1) is 25.0 Å². The van der Waals surface area contributed by atoms with Crippen molar-refractivity contribution in [3.05, 3.63) is 53.2 Å². The van der Waals surface area contributed by atoms with E-state index in [1.807, 2.05) is 6.07 Å². The van der Waals surface area contributed by atoms with Crippen LogP contribution in [0.1, 0.15) is 36.1 Å². The lowest BCUT2D eigenvalue weighted by molar-refractivity contribution is 0.398. The quantitative estimate of drug-likeness (QED) is 0.807. The minimum absolute atomic E-state index is 0.182. The van der Waals surface area contributed by atoms with Gasteiger partial charge in [-0.1, -0.05) is 30.7 Å². The molecule has 5 heteroatoms. The summed E-state index contributed by atoms with van der Waals surface area (Å²) in [4.78, 5) is 4.16. The number of pyridine rings is 1. The van der Waals surface area contributed by atoms with Crippen molar-refractivity contribution in [2.75, 3.05) is 12.4 Å². The van der Waals surface area contributed by atoms with Gasteiger partial charge in [0, 0.05) is 6.07 Å². The number of rotatable bonds is 5. The summed E-state index contributed by atoms with van der Waals surface area (Å²) in [5, 5.41) is 7.13. The van der Waals surface area contributed by atoms with Crippen LogP contribution in [-0.2, 0) is 0 Å². The number of aromatic nitrogens is 1. The lowest BCUT2D eigenvalue weighted by Gasteiger charge is -2.22. The van der Waals surface area contributed by atoms with Crippen LogP contribution in [0.5, 0.6) is 5.88 Å². The van der Waals surface area contributed by atoms with E-state index in [9.17, 15) is 0 Å². The zero-order valence-corrected chi connectivity index (χ0v) is 14.8. The second-order valence-corrected chi connectivity index (χ2v) is 5.92. The third-order valence-electron chi connectivity index (χ3n) is 3.72. The van der Waals surface area contributed by atoms with E-state index in [0.717, 1.165) is 12.1 Å². The molecular weight excluding hydrogens is 306 g/mol. The maximum Gasteiger partial charge on any atom is 0.213 e. The van der Waals surface area contributed by atoms with Crippen LogP contribution >= 0.6 is 12.2 Å². The van der Waals surface area contributed by atoms with Gasteiger partial charge >= 0.3 is 0 Å². The summed E-state index contributed by atoms with van der Waals surface area (Å²) in [5.41, 5.74) is 4.65. The highest BCUT2D eigenvalue weighted by Gasteiger charge is 2.13. The van der Waals surface area contributed by atoms with Crippen molar-refractivity contribution in [3.8, 4) is 5.88 Å². The predicted octanol–water partition coefficient (Wildman–Crippen LogP) is 4.14. The van der Waals surface area contributed by atoms with Crippen LogP contribution in [0.15, 0.2) is 36.5 Å². The summed E-state index contributed by atoms with van der Waals surface area (Å²) in [6.07, 6.45) is 2.65. The third-order valence-corrected chi connectivity index (χ3v) is 3.94. The Morgan fingerprint density at radius 1 is 1.26 bits per heavy atom. The first-order valence-electron chi connectivity index (χ1n) is 7.68. The Morgan fingerprint density at radius 2 is 2.04 bits per heavy atom. The first-order valence-corrected chi connectivity index (χ1v) is 8.09. The van der Waals surface area contributed by atoms with Crippen LogP contribution in [0.4, 0.5) is 5.69 Å². The molecule has 0 radical (unpaired) electrons. The van der Waals surface area contributed by atoms with Gasteiger partial charge in [0.15, 0.2) is 5.11 Å². The molecule has 1 atom stereocenters. The molecule has 4 nitrogen and oxygen atoms in total. The molecular formula is C18H23N3OS. The van der Waals surface area contributed by atoms with Crippen molar-refractivity contribution in [2.24, 2.45) is 0 Å². The summed E-state index contributed by atoms with van der Waals surface area (Å²) >= 11 is 5.43. The van der Waals surface area contributed by atoms with Crippen molar-refractivity contribution in [1.82, 2.24) is 10.3 Å². The number of benzene rings is 1. The van der Waals surface area contributed by atoms with Gasteiger partial charge in [-0.3, -0.25) is 0 Å². The molecule has 2 N–H and O–H groups in total. The Hall–Kier alpha value is -2.14. The monoisotopic (exact) mass is 329 g/mol. The van der Waals surface area contributed by atoms with E-state index in [0.29, 0.717) is 11.0 Å². The molecule has 0 aliphatic rings. The zero-order valence-electron chi connectivity index (χ0n) is 14.0. The standard InChI is InChI=1S/C18H23N3OS/c1-5-16(15-8-6-12(2)10-13(15)3)21-18(23)20-14-7-9-17(22-4)19-11-14/h6-11,16H,5H2,1-4H3,(H2,20,21,23)/t16-/m0/s1. The van der Waals surface area contributed by atoms with Gasteiger partial charge in [-0.2, -0.15) is 0 Å². The Morgan fingerprint density at radius 3 is 2.61 bits per heavy atom. The lowest BCUT2D eigenvalue weighted by atomic mass is 9.98. The fourth-order valence-electron chi connectivity index (χ4n) is 2.52. The molecule has 0 bridgehead atoms. The van der Waals surface area contributed by atoms with Crippen LogP contribution in [0.3, 0.4) is 0 Å². The van der Waals surface area contributed by atoms with Gasteiger partial charge in [-0.05, 0) is 49.7 Å². The molecule has 2 aromatic rings. The van der Waals surface area contributed by atoms with Crippen LogP contribution in [0.25, 0.3) is 0 Å². The van der Waals surface area contributed by atoms with Gasteiger partial charge in [-0.25, -0.2) is 4.98 Å². The maximum atomic E-state index is 5.43. The summed E-state index contributed by atoms with van der Waals surface area (Å²) < 4.78 is 5.05. The number of aryl methyl sites for hydroxylation is 2. The van der Waals surface area contributed by atoms with Crippen LogP contribution in [0.2, 0.25) is 0 Å². The van der Waals surface area contributed by atoms with Gasteiger partial charge in [0.2, 0.25) is 5.88 Å². The first kappa shape index (κ1) is 17.2. The van der Waals surface area contributed by atoms with Gasteiger partial charge in [0.25, 0.3) is 0 Å².